The molecule has 0 N–H and O–H groups in total. The summed E-state index contributed by atoms with van der Waals surface area (Å²) in [6, 6.07) is 3.04. The molecule has 0 saturated carbocycles. The third-order valence-electron chi connectivity index (χ3n) is 3.71. The van der Waals surface area contributed by atoms with Gasteiger partial charge in [0.05, 0.1) is 0 Å². The van der Waals surface area contributed by atoms with Gasteiger partial charge in [0, 0.05) is 0 Å². The minimum absolute atomic E-state index is 0.0357. The maximum absolute atomic E-state index is 14.6. The first-order valence-corrected chi connectivity index (χ1v) is 11.7. The second-order valence-electron chi connectivity index (χ2n) is 6.98. The van der Waals surface area contributed by atoms with Crippen molar-refractivity contribution in [2.24, 2.45) is 0 Å². The standard InChI is InChI=1S/C14H19F2O.2C3H7O.Ti/c1-2-3-4-5-6-7-11-17-13-10-8-9-12(15)14(13)16;2*1-3(2)4;/h8,10H,2-7,11H2,1H3;2*3H,1-2H3;/q;2*-1;+2. The van der Waals surface area contributed by atoms with E-state index >= 15 is 0 Å². The number of unbranched alkanes of at least 4 members (excludes halogenated alkanes) is 5. The molecular weight excluding hydrogens is 374 g/mol. The Labute approximate surface area is 164 Å². The van der Waals surface area contributed by atoms with Crippen molar-refractivity contribution in [3.8, 4) is 5.75 Å². The molecule has 0 aliphatic rings. The molecule has 0 atom stereocenters. The van der Waals surface area contributed by atoms with E-state index < -0.39 is 30.3 Å². The predicted octanol–water partition coefficient (Wildman–Crippen LogP) is 5.63. The van der Waals surface area contributed by atoms with E-state index in [0.29, 0.717) is 6.61 Å². The van der Waals surface area contributed by atoms with Crippen LogP contribution in [0.5, 0.6) is 5.75 Å². The Hall–Kier alpha value is -0.486. The van der Waals surface area contributed by atoms with Crippen molar-refractivity contribution in [3.05, 3.63) is 23.8 Å². The molecule has 3 nitrogen and oxygen atoms in total. The quantitative estimate of drug-likeness (QED) is 0.313. The number of hydrogen-bond donors (Lipinski definition) is 0. The first-order chi connectivity index (χ1) is 12.4. The van der Waals surface area contributed by atoms with Gasteiger partial charge in [0.1, 0.15) is 0 Å². The summed E-state index contributed by atoms with van der Waals surface area (Å²) in [5.74, 6) is -1.88. The van der Waals surface area contributed by atoms with Gasteiger partial charge in [0.25, 0.3) is 0 Å². The molecule has 0 amide bonds. The number of benzene rings is 1. The Balaban J connectivity index is 2.68. The number of hydrogen-bond acceptors (Lipinski definition) is 3. The van der Waals surface area contributed by atoms with Gasteiger partial charge >= 0.3 is 157 Å². The Morgan fingerprint density at radius 3 is 2.00 bits per heavy atom. The van der Waals surface area contributed by atoms with E-state index in [2.05, 4.69) is 6.92 Å². The summed E-state index contributed by atoms with van der Waals surface area (Å²) in [6.45, 7) is 10.0. The molecule has 0 bridgehead atoms. The fraction of sp³-hybridized carbons (Fsp3) is 0.700. The van der Waals surface area contributed by atoms with Crippen LogP contribution in [0.25, 0.3) is 0 Å². The molecule has 26 heavy (non-hydrogen) atoms. The minimum atomic E-state index is -2.83. The van der Waals surface area contributed by atoms with Crippen LogP contribution in [0.1, 0.15) is 73.1 Å². The van der Waals surface area contributed by atoms with Gasteiger partial charge in [-0.1, -0.05) is 6.92 Å². The van der Waals surface area contributed by atoms with Crippen molar-refractivity contribution >= 4 is 3.87 Å². The Morgan fingerprint density at radius 2 is 1.42 bits per heavy atom. The summed E-state index contributed by atoms with van der Waals surface area (Å²) in [7, 11) is 0. The van der Waals surface area contributed by atoms with E-state index in [4.69, 9.17) is 11.4 Å². The summed E-state index contributed by atoms with van der Waals surface area (Å²) >= 11 is -2.83. The SMILES string of the molecule is CCCCCCCCOc1cc[c]([Ti]([O]C(C)C)[O]C(C)C)c(F)c1F. The average molecular weight is 407 g/mol. The van der Waals surface area contributed by atoms with E-state index in [-0.39, 0.29) is 21.8 Å². The van der Waals surface area contributed by atoms with Gasteiger partial charge in [0.2, 0.25) is 0 Å². The second kappa shape index (κ2) is 12.8. The number of ether oxygens (including phenoxy) is 1. The summed E-state index contributed by atoms with van der Waals surface area (Å²) in [6.07, 6.45) is 6.50. The number of rotatable bonds is 13. The first kappa shape index (κ1) is 23.6. The third kappa shape index (κ3) is 8.47. The number of halogens is 2. The van der Waals surface area contributed by atoms with Crippen LogP contribution in [0, 0.1) is 11.6 Å². The van der Waals surface area contributed by atoms with Gasteiger partial charge in [0.15, 0.2) is 0 Å². The molecule has 149 valence electrons. The summed E-state index contributed by atoms with van der Waals surface area (Å²) in [4.78, 5) is 0. The van der Waals surface area contributed by atoms with Crippen LogP contribution in [0.4, 0.5) is 8.78 Å². The zero-order valence-corrected chi connectivity index (χ0v) is 18.3. The molecule has 0 heterocycles. The van der Waals surface area contributed by atoms with E-state index in [9.17, 15) is 8.78 Å². The second-order valence-corrected chi connectivity index (χ2v) is 9.45. The first-order valence-electron chi connectivity index (χ1n) is 9.68. The van der Waals surface area contributed by atoms with Crippen molar-refractivity contribution in [1.29, 1.82) is 0 Å². The van der Waals surface area contributed by atoms with Crippen LogP contribution in [0.3, 0.4) is 0 Å². The molecule has 0 fully saturated rings. The predicted molar refractivity (Wildman–Crippen MR) is 97.3 cm³/mol. The van der Waals surface area contributed by atoms with Crippen LogP contribution < -0.4 is 8.61 Å². The molecule has 0 radical (unpaired) electrons. The topological polar surface area (TPSA) is 27.7 Å². The Bertz CT molecular complexity index is 514. The summed E-state index contributed by atoms with van der Waals surface area (Å²) < 4.78 is 46.1. The van der Waals surface area contributed by atoms with Gasteiger partial charge in [-0.25, -0.2) is 0 Å². The Morgan fingerprint density at radius 1 is 0.846 bits per heavy atom. The average Bonchev–Trinajstić information content (AvgIpc) is 2.56. The summed E-state index contributed by atoms with van der Waals surface area (Å²) in [5.41, 5.74) is 0. The maximum atomic E-state index is 14.6. The fourth-order valence-electron chi connectivity index (χ4n) is 2.45. The van der Waals surface area contributed by atoms with Gasteiger partial charge in [-0.15, -0.1) is 0 Å². The van der Waals surface area contributed by atoms with E-state index in [1.807, 2.05) is 27.7 Å². The van der Waals surface area contributed by atoms with Crippen LogP contribution in [-0.4, -0.2) is 18.8 Å². The molecule has 0 saturated heterocycles. The van der Waals surface area contributed by atoms with E-state index in [0.717, 1.165) is 19.3 Å². The van der Waals surface area contributed by atoms with Crippen LogP contribution in [0.15, 0.2) is 12.1 Å². The van der Waals surface area contributed by atoms with Crippen LogP contribution >= 0.6 is 0 Å². The van der Waals surface area contributed by atoms with Crippen LogP contribution in [-0.2, 0) is 25.3 Å². The molecule has 0 aliphatic carbocycles. The van der Waals surface area contributed by atoms with Crippen molar-refractivity contribution in [2.45, 2.75) is 85.4 Å². The molecule has 1 aromatic rings. The third-order valence-corrected chi connectivity index (χ3v) is 7.14. The van der Waals surface area contributed by atoms with Gasteiger partial charge in [-0.05, 0) is 0 Å². The van der Waals surface area contributed by atoms with Crippen molar-refractivity contribution < 1.29 is 38.8 Å². The van der Waals surface area contributed by atoms with E-state index in [1.165, 1.54) is 25.3 Å². The van der Waals surface area contributed by atoms with Crippen molar-refractivity contribution in [3.63, 3.8) is 0 Å². The monoisotopic (exact) mass is 407 g/mol. The molecule has 6 heteroatoms. The van der Waals surface area contributed by atoms with Crippen molar-refractivity contribution in [2.75, 3.05) is 6.61 Å². The molecule has 0 spiro atoms. The molecule has 1 aromatic carbocycles. The van der Waals surface area contributed by atoms with E-state index in [1.54, 1.807) is 6.07 Å². The zero-order valence-electron chi connectivity index (χ0n) is 16.7. The zero-order chi connectivity index (χ0) is 19.5. The molecule has 0 unspecified atom stereocenters. The fourth-order valence-corrected chi connectivity index (χ4v) is 5.06. The molecule has 1 rings (SSSR count). The normalized spacial score (nSPS) is 11.4. The van der Waals surface area contributed by atoms with Gasteiger partial charge in [-0.2, -0.15) is 0 Å². The van der Waals surface area contributed by atoms with Crippen molar-refractivity contribution in [1.82, 2.24) is 0 Å². The Kier molecular flexibility index (Phi) is 11.6. The molecular formula is C20H33F2O3Ti. The van der Waals surface area contributed by atoms with Gasteiger partial charge < -0.3 is 0 Å². The van der Waals surface area contributed by atoms with Crippen LogP contribution in [0.2, 0.25) is 0 Å². The molecule has 0 aliphatic heterocycles. The summed E-state index contributed by atoms with van der Waals surface area (Å²) in [5, 5.41) is 0. The van der Waals surface area contributed by atoms with Gasteiger partial charge in [-0.3, -0.25) is 0 Å². The molecule has 0 aromatic heterocycles.